The second kappa shape index (κ2) is 13.8. The Labute approximate surface area is 261 Å². The predicted octanol–water partition coefficient (Wildman–Crippen LogP) is 7.01. The molecule has 8 nitrogen and oxygen atoms in total. The predicted molar refractivity (Wildman–Crippen MR) is 142 cm³/mol. The number of carbonyl (C=O) groups is 4. The van der Waals surface area contributed by atoms with Crippen LogP contribution in [0.2, 0.25) is 0 Å². The zero-order valence-corrected chi connectivity index (χ0v) is 26.0. The Kier molecular flexibility index (Phi) is 11.3. The van der Waals surface area contributed by atoms with Crippen molar-refractivity contribution in [1.29, 1.82) is 0 Å². The van der Waals surface area contributed by atoms with E-state index in [4.69, 9.17) is 14.2 Å². The Morgan fingerprint density at radius 1 is 0.739 bits per heavy atom. The van der Waals surface area contributed by atoms with Crippen molar-refractivity contribution in [2.45, 2.75) is 141 Å². The van der Waals surface area contributed by atoms with E-state index >= 15 is 0 Å². The van der Waals surface area contributed by atoms with Gasteiger partial charge >= 0.3 is 42.2 Å². The highest BCUT2D eigenvalue weighted by atomic mass is 19.4. The first-order chi connectivity index (χ1) is 21.0. The van der Waals surface area contributed by atoms with Crippen LogP contribution in [0.3, 0.4) is 0 Å². The van der Waals surface area contributed by atoms with E-state index in [9.17, 15) is 54.3 Å². The SMILES string of the molecule is CCC1(C)CC2CC(OC(=O)C(F)(F)F)CCC2OC1=O.CCC1(C)CC2CC(OC(=O)CC(F)(F)C(F)(F)F)CCC2OC1=O. The molecule has 0 bridgehead atoms. The molecule has 2 saturated carbocycles. The van der Waals surface area contributed by atoms with Gasteiger partial charge in [-0.2, -0.15) is 35.1 Å². The van der Waals surface area contributed by atoms with Crippen LogP contribution in [0.5, 0.6) is 0 Å². The van der Waals surface area contributed by atoms with Crippen molar-refractivity contribution in [3.63, 3.8) is 0 Å². The molecule has 46 heavy (non-hydrogen) atoms. The molecule has 4 rings (SSSR count). The summed E-state index contributed by atoms with van der Waals surface area (Å²) in [7, 11) is 0. The van der Waals surface area contributed by atoms with E-state index in [0.29, 0.717) is 51.4 Å². The van der Waals surface area contributed by atoms with E-state index in [0.717, 1.165) is 0 Å². The van der Waals surface area contributed by atoms with E-state index in [2.05, 4.69) is 4.74 Å². The van der Waals surface area contributed by atoms with Crippen LogP contribution in [0, 0.1) is 22.7 Å². The van der Waals surface area contributed by atoms with Crippen LogP contribution in [0.25, 0.3) is 0 Å². The maximum absolute atomic E-state index is 12.9. The lowest BCUT2D eigenvalue weighted by molar-refractivity contribution is -0.284. The molecule has 0 aromatic heterocycles. The molecule has 16 heteroatoms. The maximum Gasteiger partial charge on any atom is 0.490 e. The highest BCUT2D eigenvalue weighted by Gasteiger charge is 2.59. The number of hydrogen-bond acceptors (Lipinski definition) is 8. The minimum absolute atomic E-state index is 0.0487. The van der Waals surface area contributed by atoms with Gasteiger partial charge in [0, 0.05) is 11.8 Å². The number of halogens is 8. The van der Waals surface area contributed by atoms with Crippen LogP contribution in [0.1, 0.15) is 98.3 Å². The first-order valence-corrected chi connectivity index (χ1v) is 15.4. The molecule has 8 atom stereocenters. The third kappa shape index (κ3) is 8.81. The number of rotatable bonds is 6. The van der Waals surface area contributed by atoms with E-state index in [1.54, 1.807) is 13.8 Å². The fourth-order valence-corrected chi connectivity index (χ4v) is 6.53. The molecular formula is C30H40F8O8. The first-order valence-electron chi connectivity index (χ1n) is 15.4. The fraction of sp³-hybridized carbons (Fsp3) is 0.867. The molecular weight excluding hydrogens is 640 g/mol. The zero-order valence-electron chi connectivity index (χ0n) is 26.0. The topological polar surface area (TPSA) is 105 Å². The summed E-state index contributed by atoms with van der Waals surface area (Å²) >= 11 is 0. The number of hydrogen-bond donors (Lipinski definition) is 0. The lowest BCUT2D eigenvalue weighted by Crippen LogP contribution is -2.48. The fourth-order valence-electron chi connectivity index (χ4n) is 6.53. The van der Waals surface area contributed by atoms with Crippen molar-refractivity contribution in [1.82, 2.24) is 0 Å². The average molecular weight is 681 g/mol. The summed E-state index contributed by atoms with van der Waals surface area (Å²) in [5.74, 6) is -9.49. The summed E-state index contributed by atoms with van der Waals surface area (Å²) in [4.78, 5) is 46.3. The Balaban J connectivity index is 0.000000254. The number of fused-ring (bicyclic) bond motifs is 2. The lowest BCUT2D eigenvalue weighted by atomic mass is 9.70. The molecule has 4 aliphatic rings. The number of ether oxygens (including phenoxy) is 4. The molecule has 2 saturated heterocycles. The summed E-state index contributed by atoms with van der Waals surface area (Å²) in [5.41, 5.74) is -1.26. The van der Waals surface area contributed by atoms with Crippen LogP contribution in [-0.2, 0) is 38.1 Å². The highest BCUT2D eigenvalue weighted by Crippen LogP contribution is 2.46. The molecule has 0 spiro atoms. The van der Waals surface area contributed by atoms with Crippen LogP contribution in [0.4, 0.5) is 35.1 Å². The third-order valence-electron chi connectivity index (χ3n) is 9.80. The number of esters is 4. The second-order valence-corrected chi connectivity index (χ2v) is 13.3. The first kappa shape index (κ1) is 37.8. The lowest BCUT2D eigenvalue weighted by Gasteiger charge is -2.44. The van der Waals surface area contributed by atoms with Crippen LogP contribution in [-0.4, -0.2) is 66.6 Å². The summed E-state index contributed by atoms with van der Waals surface area (Å²) < 4.78 is 119. The Bertz CT molecular complexity index is 1140. The van der Waals surface area contributed by atoms with Crippen molar-refractivity contribution >= 4 is 23.9 Å². The van der Waals surface area contributed by atoms with Gasteiger partial charge in [-0.25, -0.2) is 4.79 Å². The van der Waals surface area contributed by atoms with Crippen LogP contribution >= 0.6 is 0 Å². The molecule has 8 unspecified atom stereocenters. The Hall–Kier alpha value is -2.68. The third-order valence-corrected chi connectivity index (χ3v) is 9.80. The van der Waals surface area contributed by atoms with E-state index < -0.39 is 59.7 Å². The van der Waals surface area contributed by atoms with Crippen molar-refractivity contribution in [3.8, 4) is 0 Å². The van der Waals surface area contributed by atoms with Crippen LogP contribution < -0.4 is 0 Å². The van der Waals surface area contributed by atoms with Gasteiger partial charge < -0.3 is 18.9 Å². The van der Waals surface area contributed by atoms with Crippen LogP contribution in [0.15, 0.2) is 0 Å². The molecule has 2 heterocycles. The van der Waals surface area contributed by atoms with Gasteiger partial charge in [0.15, 0.2) is 0 Å². The monoisotopic (exact) mass is 680 g/mol. The summed E-state index contributed by atoms with van der Waals surface area (Å²) in [6, 6.07) is 0. The van der Waals surface area contributed by atoms with Gasteiger partial charge in [0.05, 0.1) is 10.8 Å². The van der Waals surface area contributed by atoms with Gasteiger partial charge in [-0.3, -0.25) is 14.4 Å². The van der Waals surface area contributed by atoms with Gasteiger partial charge in [-0.15, -0.1) is 0 Å². The molecule has 4 fully saturated rings. The largest absolute Gasteiger partial charge is 0.490 e. The molecule has 0 aromatic carbocycles. The number of carbonyl (C=O) groups excluding carboxylic acids is 4. The summed E-state index contributed by atoms with van der Waals surface area (Å²) in [6.07, 6.45) is -10.6. The molecule has 0 amide bonds. The maximum atomic E-state index is 12.9. The molecule has 2 aliphatic carbocycles. The van der Waals surface area contributed by atoms with Gasteiger partial charge in [-0.1, -0.05) is 13.8 Å². The standard InChI is InChI=1S/C16H21F5O4.C14H19F3O4/c1-3-14(2)7-9-6-10(4-5-11(9)25-13(14)23)24-12(22)8-15(17,18)16(19,20)21;1-3-13(2)7-8-6-9(20-12(19)14(15,16)17)4-5-10(8)21-11(13)18/h9-11H,3-8H2,1-2H3;8-10H,3-7H2,1-2H3. The van der Waals surface area contributed by atoms with E-state index in [-0.39, 0.29) is 48.8 Å². The Morgan fingerprint density at radius 3 is 1.52 bits per heavy atom. The van der Waals surface area contributed by atoms with Crippen molar-refractivity contribution in [2.75, 3.05) is 0 Å². The zero-order chi connectivity index (χ0) is 34.9. The second-order valence-electron chi connectivity index (χ2n) is 13.3. The van der Waals surface area contributed by atoms with Gasteiger partial charge in [0.25, 0.3) is 0 Å². The molecule has 0 aromatic rings. The normalized spacial score (nSPS) is 34.9. The smallest absolute Gasteiger partial charge is 0.462 e. The molecule has 264 valence electrons. The summed E-state index contributed by atoms with van der Waals surface area (Å²) in [6.45, 7) is 7.30. The molecule has 0 radical (unpaired) electrons. The minimum Gasteiger partial charge on any atom is -0.462 e. The minimum atomic E-state index is -5.79. The number of alkyl halides is 8. The van der Waals surface area contributed by atoms with Gasteiger partial charge in [0.2, 0.25) is 0 Å². The molecule has 0 N–H and O–H groups in total. The van der Waals surface area contributed by atoms with Gasteiger partial charge in [0.1, 0.15) is 30.8 Å². The van der Waals surface area contributed by atoms with Crippen molar-refractivity contribution in [2.24, 2.45) is 22.7 Å². The average Bonchev–Trinajstić information content (AvgIpc) is 2.93. The van der Waals surface area contributed by atoms with Crippen molar-refractivity contribution < 1.29 is 73.2 Å². The summed E-state index contributed by atoms with van der Waals surface area (Å²) in [5, 5.41) is 0. The highest BCUT2D eigenvalue weighted by molar-refractivity contribution is 5.78. The van der Waals surface area contributed by atoms with Gasteiger partial charge in [-0.05, 0) is 78.1 Å². The Morgan fingerprint density at radius 2 is 1.15 bits per heavy atom. The quantitative estimate of drug-likeness (QED) is 0.168. The van der Waals surface area contributed by atoms with E-state index in [1.807, 2.05) is 13.8 Å². The molecule has 2 aliphatic heterocycles. The van der Waals surface area contributed by atoms with Crippen molar-refractivity contribution in [3.05, 3.63) is 0 Å². The van der Waals surface area contributed by atoms with E-state index in [1.165, 1.54) is 0 Å².